The van der Waals surface area contributed by atoms with Gasteiger partial charge in [-0.3, -0.25) is 4.79 Å². The molecule has 0 amide bonds. The molecular weight excluding hydrogens is 130 g/mol. The number of fused-ring (bicyclic) bond motifs is 2. The minimum atomic E-state index is -0.656. The van der Waals surface area contributed by atoms with Crippen LogP contribution in [0.25, 0.3) is 0 Å². The summed E-state index contributed by atoms with van der Waals surface area (Å²) in [6.45, 7) is 1.62. The summed E-state index contributed by atoms with van der Waals surface area (Å²) in [5, 5.41) is 8.67. The standard InChI is InChI=1S/C7H9NO2/c9-7(10)6-4-8-2-1-5(6)3-8/h1-2,5-6H,3-4H2,(H,9,10). The van der Waals surface area contributed by atoms with Crippen molar-refractivity contribution >= 4 is 5.97 Å². The smallest absolute Gasteiger partial charge is 0.308 e. The summed E-state index contributed by atoms with van der Waals surface area (Å²) in [6, 6.07) is 0. The lowest BCUT2D eigenvalue weighted by Crippen LogP contribution is -2.23. The molecule has 3 heteroatoms. The second-order valence-electron chi connectivity index (χ2n) is 2.90. The van der Waals surface area contributed by atoms with Crippen LogP contribution in [0.1, 0.15) is 0 Å². The number of aliphatic carboxylic acids is 1. The number of hydrogen-bond acceptors (Lipinski definition) is 2. The first-order valence-electron chi connectivity index (χ1n) is 3.42. The van der Waals surface area contributed by atoms with E-state index in [-0.39, 0.29) is 11.8 Å². The van der Waals surface area contributed by atoms with Crippen molar-refractivity contribution in [2.45, 2.75) is 0 Å². The molecule has 3 nitrogen and oxygen atoms in total. The van der Waals surface area contributed by atoms with Gasteiger partial charge in [0.1, 0.15) is 0 Å². The maximum absolute atomic E-state index is 10.5. The fourth-order valence-corrected chi connectivity index (χ4v) is 1.67. The Kier molecular flexibility index (Phi) is 1.01. The van der Waals surface area contributed by atoms with Crippen LogP contribution in [0.5, 0.6) is 0 Å². The Morgan fingerprint density at radius 1 is 1.60 bits per heavy atom. The molecular formula is C7H9NO2. The first-order valence-corrected chi connectivity index (χ1v) is 3.42. The molecule has 0 aromatic rings. The second-order valence-corrected chi connectivity index (χ2v) is 2.90. The summed E-state index contributed by atoms with van der Waals surface area (Å²) in [6.07, 6.45) is 3.98. The van der Waals surface area contributed by atoms with Crippen LogP contribution in [0.2, 0.25) is 0 Å². The van der Waals surface area contributed by atoms with Crippen molar-refractivity contribution in [2.75, 3.05) is 13.1 Å². The van der Waals surface area contributed by atoms with Gasteiger partial charge in [0.05, 0.1) is 5.92 Å². The van der Waals surface area contributed by atoms with Crippen molar-refractivity contribution in [1.29, 1.82) is 0 Å². The largest absolute Gasteiger partial charge is 0.481 e. The van der Waals surface area contributed by atoms with Gasteiger partial charge in [0.25, 0.3) is 0 Å². The minimum Gasteiger partial charge on any atom is -0.481 e. The molecule has 2 rings (SSSR count). The van der Waals surface area contributed by atoms with Crippen molar-refractivity contribution in [2.24, 2.45) is 11.8 Å². The van der Waals surface area contributed by atoms with E-state index in [2.05, 4.69) is 4.90 Å². The summed E-state index contributed by atoms with van der Waals surface area (Å²) in [5.41, 5.74) is 0. The van der Waals surface area contributed by atoms with Crippen LogP contribution in [-0.4, -0.2) is 29.1 Å². The number of nitrogens with zero attached hydrogens (tertiary/aromatic N) is 1. The molecule has 2 aliphatic rings. The Balaban J connectivity index is 2.16. The summed E-state index contributed by atoms with van der Waals surface area (Å²) >= 11 is 0. The highest BCUT2D eigenvalue weighted by Crippen LogP contribution is 2.30. The predicted molar refractivity (Wildman–Crippen MR) is 35.3 cm³/mol. The maximum Gasteiger partial charge on any atom is 0.308 e. The van der Waals surface area contributed by atoms with E-state index in [1.54, 1.807) is 0 Å². The van der Waals surface area contributed by atoms with Gasteiger partial charge in [-0.2, -0.15) is 0 Å². The summed E-state index contributed by atoms with van der Waals surface area (Å²) in [4.78, 5) is 12.6. The summed E-state index contributed by atoms with van der Waals surface area (Å²) in [5.74, 6) is -0.528. The van der Waals surface area contributed by atoms with Gasteiger partial charge in [-0.1, -0.05) is 6.08 Å². The van der Waals surface area contributed by atoms with Crippen molar-refractivity contribution < 1.29 is 9.90 Å². The molecule has 2 unspecified atom stereocenters. The predicted octanol–water partition coefficient (Wildman–Crippen LogP) is 0.146. The highest BCUT2D eigenvalue weighted by molar-refractivity contribution is 5.71. The first kappa shape index (κ1) is 5.77. The Morgan fingerprint density at radius 2 is 2.40 bits per heavy atom. The summed E-state index contributed by atoms with van der Waals surface area (Å²) < 4.78 is 0. The van der Waals surface area contributed by atoms with Crippen LogP contribution in [-0.2, 0) is 4.79 Å². The van der Waals surface area contributed by atoms with E-state index in [9.17, 15) is 4.79 Å². The number of carboxylic acid groups (broad SMARTS) is 1. The molecule has 0 radical (unpaired) electrons. The lowest BCUT2D eigenvalue weighted by Gasteiger charge is -2.12. The molecule has 10 heavy (non-hydrogen) atoms. The average Bonchev–Trinajstić information content (AvgIpc) is 2.44. The molecule has 0 saturated carbocycles. The van der Waals surface area contributed by atoms with Crippen LogP contribution in [0.4, 0.5) is 0 Å². The second kappa shape index (κ2) is 1.75. The van der Waals surface area contributed by atoms with E-state index < -0.39 is 5.97 Å². The lowest BCUT2D eigenvalue weighted by atomic mass is 9.96. The van der Waals surface area contributed by atoms with E-state index in [1.165, 1.54) is 0 Å². The van der Waals surface area contributed by atoms with Gasteiger partial charge in [0.15, 0.2) is 0 Å². The molecule has 2 bridgehead atoms. The zero-order valence-electron chi connectivity index (χ0n) is 5.53. The number of carboxylic acids is 1. The third-order valence-corrected chi connectivity index (χ3v) is 2.25. The topological polar surface area (TPSA) is 40.5 Å². The summed E-state index contributed by atoms with van der Waals surface area (Å²) in [7, 11) is 0. The first-order chi connectivity index (χ1) is 4.77. The Hall–Kier alpha value is -0.990. The molecule has 0 spiro atoms. The highest BCUT2D eigenvalue weighted by atomic mass is 16.4. The van der Waals surface area contributed by atoms with Crippen molar-refractivity contribution in [3.8, 4) is 0 Å². The van der Waals surface area contributed by atoms with Crippen LogP contribution < -0.4 is 0 Å². The number of carbonyl (C=O) groups is 1. The molecule has 1 fully saturated rings. The van der Waals surface area contributed by atoms with Crippen molar-refractivity contribution in [1.82, 2.24) is 4.90 Å². The van der Waals surface area contributed by atoms with E-state index in [1.807, 2.05) is 12.3 Å². The maximum atomic E-state index is 10.5. The van der Waals surface area contributed by atoms with Crippen LogP contribution >= 0.6 is 0 Å². The molecule has 2 atom stereocenters. The molecule has 0 aliphatic carbocycles. The molecule has 54 valence electrons. The normalized spacial score (nSPS) is 35.4. The Labute approximate surface area is 58.9 Å². The number of hydrogen-bond donors (Lipinski definition) is 1. The van der Waals surface area contributed by atoms with Gasteiger partial charge in [0.2, 0.25) is 0 Å². The van der Waals surface area contributed by atoms with Gasteiger partial charge >= 0.3 is 5.97 Å². The quantitative estimate of drug-likeness (QED) is 0.562. The molecule has 2 heterocycles. The van der Waals surface area contributed by atoms with E-state index in [4.69, 9.17) is 5.11 Å². The van der Waals surface area contributed by atoms with Crippen LogP contribution in [0, 0.1) is 11.8 Å². The average molecular weight is 139 g/mol. The Morgan fingerprint density at radius 3 is 2.70 bits per heavy atom. The molecule has 0 aromatic carbocycles. The van der Waals surface area contributed by atoms with Crippen molar-refractivity contribution in [3.05, 3.63) is 12.3 Å². The van der Waals surface area contributed by atoms with Gasteiger partial charge in [0, 0.05) is 19.0 Å². The van der Waals surface area contributed by atoms with E-state index >= 15 is 0 Å². The fourth-order valence-electron chi connectivity index (χ4n) is 1.67. The molecule has 1 N–H and O–H groups in total. The van der Waals surface area contributed by atoms with Crippen molar-refractivity contribution in [3.63, 3.8) is 0 Å². The van der Waals surface area contributed by atoms with Gasteiger partial charge in [-0.25, -0.2) is 0 Å². The molecule has 2 aliphatic heterocycles. The van der Waals surface area contributed by atoms with E-state index in [0.717, 1.165) is 6.54 Å². The van der Waals surface area contributed by atoms with Gasteiger partial charge in [-0.15, -0.1) is 0 Å². The SMILES string of the molecule is O=C(O)C1CN2C=CC1C2. The van der Waals surface area contributed by atoms with E-state index in [0.29, 0.717) is 6.54 Å². The number of rotatable bonds is 1. The Bertz CT molecular complexity index is 200. The molecule has 1 saturated heterocycles. The van der Waals surface area contributed by atoms with Crippen LogP contribution in [0.15, 0.2) is 12.3 Å². The zero-order chi connectivity index (χ0) is 7.14. The third kappa shape index (κ3) is 0.632. The molecule has 0 aromatic heterocycles. The fraction of sp³-hybridized carbons (Fsp3) is 0.571. The lowest BCUT2D eigenvalue weighted by molar-refractivity contribution is -0.142. The zero-order valence-corrected chi connectivity index (χ0v) is 5.53. The minimum absolute atomic E-state index is 0.148. The third-order valence-electron chi connectivity index (χ3n) is 2.25. The van der Waals surface area contributed by atoms with Gasteiger partial charge < -0.3 is 10.0 Å². The monoisotopic (exact) mass is 139 g/mol. The van der Waals surface area contributed by atoms with Gasteiger partial charge in [-0.05, 0) is 6.20 Å². The highest BCUT2D eigenvalue weighted by Gasteiger charge is 2.38. The van der Waals surface area contributed by atoms with Crippen LogP contribution in [0.3, 0.4) is 0 Å².